The molecule has 5 rings (SSSR count). The van der Waals surface area contributed by atoms with Crippen LogP contribution in [0, 0.1) is 17.3 Å². The molecule has 2 heteroatoms. The molecule has 1 aromatic carbocycles. The van der Waals surface area contributed by atoms with Crippen LogP contribution in [0.15, 0.2) is 36.4 Å². The third kappa shape index (κ3) is 1.20. The van der Waals surface area contributed by atoms with Gasteiger partial charge in [0.05, 0.1) is 0 Å². The molecule has 1 aromatic rings. The Morgan fingerprint density at radius 2 is 2.14 bits per heavy atom. The number of carbonyl (C=O) groups excluding carboxylic acids is 1. The normalized spacial score (nSPS) is 44.2. The van der Waals surface area contributed by atoms with E-state index < -0.39 is 0 Å². The molecule has 3 aliphatic carbocycles. The Labute approximate surface area is 132 Å². The number of Topliss-reactive ketones (excluding diaryl/α,β-unsaturated/α-hetero) is 1. The summed E-state index contributed by atoms with van der Waals surface area (Å²) < 4.78 is 0. The third-order valence-electron chi connectivity index (χ3n) is 7.48. The van der Waals surface area contributed by atoms with Gasteiger partial charge in [0, 0.05) is 34.9 Å². The van der Waals surface area contributed by atoms with Crippen molar-refractivity contribution in [3.8, 4) is 0 Å². The Morgan fingerprint density at radius 3 is 2.95 bits per heavy atom. The van der Waals surface area contributed by atoms with Crippen LogP contribution in [0.3, 0.4) is 0 Å². The molecule has 1 spiro atoms. The number of hydrogen-bond acceptors (Lipinski definition) is 2. The van der Waals surface area contributed by atoms with Crippen LogP contribution < -0.4 is 5.32 Å². The number of hydrogen-bond donors (Lipinski definition) is 1. The van der Waals surface area contributed by atoms with Crippen molar-refractivity contribution in [2.45, 2.75) is 50.5 Å². The maximum Gasteiger partial charge on any atom is 0.136 e. The van der Waals surface area contributed by atoms with Crippen LogP contribution in [0.5, 0.6) is 0 Å². The lowest BCUT2D eigenvalue weighted by Crippen LogP contribution is -2.48. The largest absolute Gasteiger partial charge is 0.380 e. The third-order valence-corrected chi connectivity index (χ3v) is 7.48. The Hall–Kier alpha value is -1.57. The highest BCUT2D eigenvalue weighted by molar-refractivity contribution is 5.84. The molecule has 0 saturated heterocycles. The van der Waals surface area contributed by atoms with Crippen molar-refractivity contribution >= 4 is 11.5 Å². The fraction of sp³-hybridized carbons (Fsp3) is 0.550. The number of anilines is 1. The lowest BCUT2D eigenvalue weighted by Gasteiger charge is -2.43. The lowest BCUT2D eigenvalue weighted by atomic mass is 9.59. The zero-order chi connectivity index (χ0) is 15.1. The molecule has 1 aliphatic heterocycles. The summed E-state index contributed by atoms with van der Waals surface area (Å²) in [7, 11) is 0. The van der Waals surface area contributed by atoms with Gasteiger partial charge < -0.3 is 5.32 Å². The monoisotopic (exact) mass is 293 g/mol. The minimum atomic E-state index is 0.171. The molecule has 1 heterocycles. The molecule has 0 amide bonds. The van der Waals surface area contributed by atoms with Crippen LogP contribution >= 0.6 is 0 Å². The molecule has 0 radical (unpaired) electrons. The summed E-state index contributed by atoms with van der Waals surface area (Å²) in [5, 5.41) is 3.88. The van der Waals surface area contributed by atoms with Gasteiger partial charge in [-0.2, -0.15) is 0 Å². The quantitative estimate of drug-likeness (QED) is 0.791. The Balaban J connectivity index is 1.78. The van der Waals surface area contributed by atoms with E-state index in [1.807, 2.05) is 0 Å². The summed E-state index contributed by atoms with van der Waals surface area (Å²) >= 11 is 0. The minimum absolute atomic E-state index is 0.171. The first-order valence-corrected chi connectivity index (χ1v) is 8.64. The van der Waals surface area contributed by atoms with Crippen LogP contribution in [0.1, 0.15) is 44.6 Å². The summed E-state index contributed by atoms with van der Waals surface area (Å²) in [4.78, 5) is 12.5. The van der Waals surface area contributed by atoms with E-state index in [4.69, 9.17) is 0 Å². The second-order valence-electron chi connectivity index (χ2n) is 8.02. The summed E-state index contributed by atoms with van der Waals surface area (Å²) in [5.74, 6) is 1.33. The van der Waals surface area contributed by atoms with E-state index >= 15 is 0 Å². The second-order valence-corrected chi connectivity index (χ2v) is 8.02. The van der Waals surface area contributed by atoms with E-state index in [-0.39, 0.29) is 10.8 Å². The summed E-state index contributed by atoms with van der Waals surface area (Å²) in [6, 6.07) is 9.26. The SMILES string of the molecule is C=C(C)[C@]12CC[C@@H]3C(=O)CC[C@@]4(c5ccccc5N[C@@H]14)[C@@H]3C2. The van der Waals surface area contributed by atoms with Crippen LogP contribution in [0.2, 0.25) is 0 Å². The van der Waals surface area contributed by atoms with Gasteiger partial charge in [0.1, 0.15) is 5.78 Å². The molecule has 114 valence electrons. The standard InChI is InChI=1S/C20H23NO/c1-12(2)19-9-7-13-15(11-19)20(10-8-17(13)22)14-5-3-4-6-16(14)21-18(19)20/h3-6,13,15,18,21H,1,7-11H2,2H3/t13-,15+,18-,19+,20+/m0/s1. The topological polar surface area (TPSA) is 29.1 Å². The first-order valence-electron chi connectivity index (χ1n) is 8.64. The van der Waals surface area contributed by atoms with Crippen molar-refractivity contribution < 1.29 is 4.79 Å². The second kappa shape index (κ2) is 3.84. The Kier molecular flexibility index (Phi) is 2.26. The first-order chi connectivity index (χ1) is 10.6. The van der Waals surface area contributed by atoms with Crippen molar-refractivity contribution in [3.63, 3.8) is 0 Å². The predicted molar refractivity (Wildman–Crippen MR) is 87.8 cm³/mol. The van der Waals surface area contributed by atoms with E-state index in [2.05, 4.69) is 43.1 Å². The molecule has 0 aromatic heterocycles. The van der Waals surface area contributed by atoms with E-state index in [1.54, 1.807) is 0 Å². The van der Waals surface area contributed by atoms with Gasteiger partial charge in [0.15, 0.2) is 0 Å². The molecule has 2 bridgehead atoms. The number of carbonyl (C=O) groups is 1. The predicted octanol–water partition coefficient (Wildman–Crippen LogP) is 4.07. The highest BCUT2D eigenvalue weighted by atomic mass is 16.1. The molecular formula is C20H23NO. The van der Waals surface area contributed by atoms with Gasteiger partial charge in [-0.05, 0) is 50.2 Å². The zero-order valence-corrected chi connectivity index (χ0v) is 13.2. The van der Waals surface area contributed by atoms with Crippen molar-refractivity contribution in [2.75, 3.05) is 5.32 Å². The van der Waals surface area contributed by atoms with Crippen molar-refractivity contribution in [3.05, 3.63) is 42.0 Å². The maximum atomic E-state index is 12.5. The van der Waals surface area contributed by atoms with Crippen LogP contribution in [0.4, 0.5) is 5.69 Å². The molecule has 1 N–H and O–H groups in total. The number of fused-ring (bicyclic) bond motifs is 3. The fourth-order valence-electron chi connectivity index (χ4n) is 6.55. The van der Waals surface area contributed by atoms with E-state index in [0.29, 0.717) is 23.7 Å². The van der Waals surface area contributed by atoms with E-state index in [9.17, 15) is 4.79 Å². The van der Waals surface area contributed by atoms with Gasteiger partial charge in [-0.3, -0.25) is 4.79 Å². The van der Waals surface area contributed by atoms with Gasteiger partial charge in [-0.25, -0.2) is 0 Å². The van der Waals surface area contributed by atoms with Crippen LogP contribution in [-0.2, 0) is 10.2 Å². The maximum absolute atomic E-state index is 12.5. The Morgan fingerprint density at radius 1 is 1.32 bits per heavy atom. The highest BCUT2D eigenvalue weighted by Crippen LogP contribution is 2.71. The molecule has 4 aliphatic rings. The summed E-state index contributed by atoms with van der Waals surface area (Å²) in [6.45, 7) is 6.58. The molecule has 2 nitrogen and oxygen atoms in total. The summed E-state index contributed by atoms with van der Waals surface area (Å²) in [5.41, 5.74) is 4.46. The number of rotatable bonds is 1. The molecule has 22 heavy (non-hydrogen) atoms. The van der Waals surface area contributed by atoms with Crippen molar-refractivity contribution in [2.24, 2.45) is 17.3 Å². The molecule has 3 fully saturated rings. The van der Waals surface area contributed by atoms with E-state index in [0.717, 1.165) is 32.1 Å². The molecular weight excluding hydrogens is 270 g/mol. The molecule has 0 unspecified atom stereocenters. The van der Waals surface area contributed by atoms with Gasteiger partial charge in [-0.1, -0.05) is 30.4 Å². The first kappa shape index (κ1) is 12.9. The number of nitrogens with one attached hydrogen (secondary N) is 1. The van der Waals surface area contributed by atoms with E-state index in [1.165, 1.54) is 16.8 Å². The number of ketones is 1. The number of benzene rings is 1. The van der Waals surface area contributed by atoms with Crippen molar-refractivity contribution in [1.29, 1.82) is 0 Å². The minimum Gasteiger partial charge on any atom is -0.380 e. The lowest BCUT2D eigenvalue weighted by molar-refractivity contribution is -0.129. The Bertz CT molecular complexity index is 707. The van der Waals surface area contributed by atoms with Gasteiger partial charge in [-0.15, -0.1) is 0 Å². The highest BCUT2D eigenvalue weighted by Gasteiger charge is 2.70. The summed E-state index contributed by atoms with van der Waals surface area (Å²) in [6.07, 6.45) is 5.14. The number of para-hydroxylation sites is 1. The van der Waals surface area contributed by atoms with Gasteiger partial charge in [0.2, 0.25) is 0 Å². The molecule has 3 saturated carbocycles. The average Bonchev–Trinajstić information content (AvgIpc) is 2.98. The van der Waals surface area contributed by atoms with Crippen LogP contribution in [-0.4, -0.2) is 11.8 Å². The van der Waals surface area contributed by atoms with Crippen molar-refractivity contribution in [1.82, 2.24) is 0 Å². The average molecular weight is 293 g/mol. The van der Waals surface area contributed by atoms with Gasteiger partial charge >= 0.3 is 0 Å². The fourth-order valence-corrected chi connectivity index (χ4v) is 6.55. The van der Waals surface area contributed by atoms with Crippen LogP contribution in [0.25, 0.3) is 0 Å². The van der Waals surface area contributed by atoms with Gasteiger partial charge in [0.25, 0.3) is 0 Å². The smallest absolute Gasteiger partial charge is 0.136 e. The zero-order valence-electron chi connectivity index (χ0n) is 13.2. The molecule has 5 atom stereocenters.